The molecule has 1 fully saturated rings. The number of carboxylic acids is 1. The molecule has 1 aliphatic carbocycles. The van der Waals surface area contributed by atoms with Crippen LogP contribution in [0.1, 0.15) is 37.8 Å². The lowest BCUT2D eigenvalue weighted by Gasteiger charge is -2.24. The molecule has 1 unspecified atom stereocenters. The van der Waals surface area contributed by atoms with Crippen LogP contribution in [-0.4, -0.2) is 40.4 Å². The fraction of sp³-hybridized carbons (Fsp3) is 0.438. The van der Waals surface area contributed by atoms with Gasteiger partial charge in [0.2, 0.25) is 11.8 Å². The van der Waals surface area contributed by atoms with E-state index in [9.17, 15) is 14.4 Å². The Balaban J connectivity index is 2.12. The molecule has 0 radical (unpaired) electrons. The van der Waals surface area contributed by atoms with Gasteiger partial charge in [-0.3, -0.25) is 14.4 Å². The highest BCUT2D eigenvalue weighted by Gasteiger charge is 2.34. The number of halogens is 1. The van der Waals surface area contributed by atoms with Crippen LogP contribution >= 0.6 is 15.9 Å². The first-order valence-corrected chi connectivity index (χ1v) is 8.20. The standard InChI is InChI=1S/C16H19BrN2O4/c1-10(20)18-14(11-2-4-12(17)5-3-11)8-15(21)19(9-16(22)23)13-6-7-13/h2-5,13-14H,6-9H2,1H3,(H,18,20)(H,22,23). The summed E-state index contributed by atoms with van der Waals surface area (Å²) in [6.07, 6.45) is 1.72. The first-order chi connectivity index (χ1) is 10.9. The topological polar surface area (TPSA) is 86.7 Å². The lowest BCUT2D eigenvalue weighted by atomic mass is 10.0. The molecule has 2 amide bonds. The molecule has 0 aromatic heterocycles. The second-order valence-electron chi connectivity index (χ2n) is 5.66. The molecule has 1 saturated carbocycles. The summed E-state index contributed by atoms with van der Waals surface area (Å²) in [5, 5.41) is 11.7. The molecule has 1 atom stereocenters. The number of carbonyl (C=O) groups is 3. The molecule has 7 heteroatoms. The first-order valence-electron chi connectivity index (χ1n) is 7.40. The molecule has 0 aliphatic heterocycles. The van der Waals surface area contributed by atoms with E-state index in [0.717, 1.165) is 22.9 Å². The number of rotatable bonds is 7. The van der Waals surface area contributed by atoms with Crippen molar-refractivity contribution in [1.82, 2.24) is 10.2 Å². The van der Waals surface area contributed by atoms with Crippen molar-refractivity contribution in [2.45, 2.75) is 38.3 Å². The van der Waals surface area contributed by atoms with Crippen LogP contribution in [0.15, 0.2) is 28.7 Å². The van der Waals surface area contributed by atoms with E-state index in [1.54, 1.807) is 0 Å². The van der Waals surface area contributed by atoms with E-state index in [2.05, 4.69) is 21.2 Å². The zero-order chi connectivity index (χ0) is 17.0. The number of nitrogens with one attached hydrogen (secondary N) is 1. The van der Waals surface area contributed by atoms with Crippen molar-refractivity contribution in [2.75, 3.05) is 6.54 Å². The summed E-state index contributed by atoms with van der Waals surface area (Å²) in [6.45, 7) is 1.10. The Bertz CT molecular complexity index is 599. The van der Waals surface area contributed by atoms with Gasteiger partial charge in [-0.25, -0.2) is 0 Å². The molecule has 0 spiro atoms. The lowest BCUT2D eigenvalue weighted by Crippen LogP contribution is -2.40. The number of nitrogens with zero attached hydrogens (tertiary/aromatic N) is 1. The van der Waals surface area contributed by atoms with Gasteiger partial charge in [0.15, 0.2) is 0 Å². The van der Waals surface area contributed by atoms with Gasteiger partial charge in [-0.15, -0.1) is 0 Å². The Morgan fingerprint density at radius 1 is 1.30 bits per heavy atom. The van der Waals surface area contributed by atoms with Crippen LogP contribution in [0.3, 0.4) is 0 Å². The highest BCUT2D eigenvalue weighted by atomic mass is 79.9. The fourth-order valence-electron chi connectivity index (χ4n) is 2.44. The summed E-state index contributed by atoms with van der Waals surface area (Å²) in [4.78, 5) is 36.3. The third kappa shape index (κ3) is 5.35. The molecular formula is C16H19BrN2O4. The van der Waals surface area contributed by atoms with Crippen LogP contribution in [0.25, 0.3) is 0 Å². The van der Waals surface area contributed by atoms with Crippen LogP contribution in [0.4, 0.5) is 0 Å². The fourth-order valence-corrected chi connectivity index (χ4v) is 2.70. The number of amides is 2. The van der Waals surface area contributed by atoms with Crippen molar-refractivity contribution >= 4 is 33.7 Å². The first kappa shape index (κ1) is 17.5. The van der Waals surface area contributed by atoms with E-state index in [0.29, 0.717) is 0 Å². The van der Waals surface area contributed by atoms with Crippen LogP contribution in [0.2, 0.25) is 0 Å². The third-order valence-electron chi connectivity index (χ3n) is 3.64. The van der Waals surface area contributed by atoms with Crippen LogP contribution in [0, 0.1) is 0 Å². The van der Waals surface area contributed by atoms with Gasteiger partial charge in [0.25, 0.3) is 0 Å². The van der Waals surface area contributed by atoms with Crippen LogP contribution in [-0.2, 0) is 14.4 Å². The Morgan fingerprint density at radius 2 is 1.91 bits per heavy atom. The summed E-state index contributed by atoms with van der Waals surface area (Å²) in [6, 6.07) is 6.88. The molecule has 124 valence electrons. The lowest BCUT2D eigenvalue weighted by molar-refractivity contribution is -0.145. The number of benzene rings is 1. The minimum Gasteiger partial charge on any atom is -0.480 e. The Labute approximate surface area is 143 Å². The Kier molecular flexibility index (Phi) is 5.76. The quantitative estimate of drug-likeness (QED) is 0.755. The predicted molar refractivity (Wildman–Crippen MR) is 87.7 cm³/mol. The maximum absolute atomic E-state index is 12.5. The van der Waals surface area contributed by atoms with Gasteiger partial charge >= 0.3 is 5.97 Å². The molecule has 2 N–H and O–H groups in total. The normalized spacial score (nSPS) is 14.9. The van der Waals surface area contributed by atoms with Crippen molar-refractivity contribution < 1.29 is 19.5 Å². The van der Waals surface area contributed by atoms with Crippen molar-refractivity contribution in [2.24, 2.45) is 0 Å². The smallest absolute Gasteiger partial charge is 0.323 e. The number of aliphatic carboxylic acids is 1. The van der Waals surface area contributed by atoms with E-state index < -0.39 is 12.0 Å². The van der Waals surface area contributed by atoms with E-state index in [1.165, 1.54) is 11.8 Å². The van der Waals surface area contributed by atoms with E-state index in [-0.39, 0.29) is 30.8 Å². The monoisotopic (exact) mass is 382 g/mol. The summed E-state index contributed by atoms with van der Waals surface area (Å²) in [7, 11) is 0. The van der Waals surface area contributed by atoms with Crippen molar-refractivity contribution in [3.05, 3.63) is 34.3 Å². The highest BCUT2D eigenvalue weighted by molar-refractivity contribution is 9.10. The van der Waals surface area contributed by atoms with Crippen molar-refractivity contribution in [1.29, 1.82) is 0 Å². The molecule has 1 aliphatic rings. The predicted octanol–water partition coefficient (Wildman–Crippen LogP) is 2.09. The number of carboxylic acid groups (broad SMARTS) is 1. The molecule has 2 rings (SSSR count). The van der Waals surface area contributed by atoms with E-state index in [4.69, 9.17) is 5.11 Å². The summed E-state index contributed by atoms with van der Waals surface area (Å²) in [5.41, 5.74) is 0.808. The van der Waals surface area contributed by atoms with E-state index in [1.807, 2.05) is 24.3 Å². The Hall–Kier alpha value is -1.89. The molecule has 0 bridgehead atoms. The summed E-state index contributed by atoms with van der Waals surface area (Å²) >= 11 is 3.35. The molecule has 0 saturated heterocycles. The second kappa shape index (κ2) is 7.59. The van der Waals surface area contributed by atoms with Crippen LogP contribution in [0.5, 0.6) is 0 Å². The highest BCUT2D eigenvalue weighted by Crippen LogP contribution is 2.29. The largest absolute Gasteiger partial charge is 0.480 e. The maximum atomic E-state index is 12.5. The zero-order valence-corrected chi connectivity index (χ0v) is 14.4. The zero-order valence-electron chi connectivity index (χ0n) is 12.8. The van der Waals surface area contributed by atoms with Gasteiger partial charge in [0.1, 0.15) is 6.54 Å². The number of carbonyl (C=O) groups excluding carboxylic acids is 2. The van der Waals surface area contributed by atoms with Crippen LogP contribution < -0.4 is 5.32 Å². The van der Waals surface area contributed by atoms with Gasteiger partial charge in [-0.1, -0.05) is 28.1 Å². The summed E-state index contributed by atoms with van der Waals surface area (Å²) in [5.74, 6) is -1.51. The number of hydrogen-bond acceptors (Lipinski definition) is 3. The molecule has 1 aromatic rings. The van der Waals surface area contributed by atoms with E-state index >= 15 is 0 Å². The minimum absolute atomic E-state index is 0.0153. The van der Waals surface area contributed by atoms with Gasteiger partial charge < -0.3 is 15.3 Å². The van der Waals surface area contributed by atoms with Gasteiger partial charge in [-0.2, -0.15) is 0 Å². The van der Waals surface area contributed by atoms with Gasteiger partial charge in [0.05, 0.1) is 12.5 Å². The molecule has 1 aromatic carbocycles. The molecule has 23 heavy (non-hydrogen) atoms. The minimum atomic E-state index is -1.02. The third-order valence-corrected chi connectivity index (χ3v) is 4.17. The maximum Gasteiger partial charge on any atom is 0.323 e. The van der Waals surface area contributed by atoms with Crippen molar-refractivity contribution in [3.63, 3.8) is 0 Å². The molecular weight excluding hydrogens is 364 g/mol. The molecule has 6 nitrogen and oxygen atoms in total. The summed E-state index contributed by atoms with van der Waals surface area (Å²) < 4.78 is 0.902. The van der Waals surface area contributed by atoms with Gasteiger partial charge in [-0.05, 0) is 30.5 Å². The Morgan fingerprint density at radius 3 is 2.39 bits per heavy atom. The average Bonchev–Trinajstić information content (AvgIpc) is 3.28. The molecule has 0 heterocycles. The average molecular weight is 383 g/mol. The number of hydrogen-bond donors (Lipinski definition) is 2. The van der Waals surface area contributed by atoms with Gasteiger partial charge in [0, 0.05) is 17.4 Å². The second-order valence-corrected chi connectivity index (χ2v) is 6.57. The SMILES string of the molecule is CC(=O)NC(CC(=O)N(CC(=O)O)C1CC1)c1ccc(Br)cc1. The van der Waals surface area contributed by atoms with Crippen molar-refractivity contribution in [3.8, 4) is 0 Å².